The Morgan fingerprint density at radius 3 is 2.55 bits per heavy atom. The lowest BCUT2D eigenvalue weighted by atomic mass is 10.0. The lowest BCUT2D eigenvalue weighted by molar-refractivity contribution is -0.139. The molecule has 1 saturated heterocycles. The molecular weight excluding hydrogens is 501 g/mol. The van der Waals surface area contributed by atoms with Crippen molar-refractivity contribution >= 4 is 17.3 Å². The van der Waals surface area contributed by atoms with Crippen molar-refractivity contribution in [3.05, 3.63) is 69.8 Å². The van der Waals surface area contributed by atoms with Crippen LogP contribution in [0.5, 0.6) is 5.88 Å². The minimum absolute atomic E-state index is 0.00602. The molecule has 1 aliphatic heterocycles. The summed E-state index contributed by atoms with van der Waals surface area (Å²) in [5.41, 5.74) is 0.896. The molecule has 1 N–H and O–H groups in total. The highest BCUT2D eigenvalue weighted by Gasteiger charge is 2.35. The second-order valence-electron chi connectivity index (χ2n) is 8.80. The molecule has 0 aliphatic carbocycles. The summed E-state index contributed by atoms with van der Waals surface area (Å²) in [6.45, 7) is 8.37. The van der Waals surface area contributed by atoms with Crippen LogP contribution in [-0.2, 0) is 17.5 Å². The molecule has 1 fully saturated rings. The molecule has 38 heavy (non-hydrogen) atoms. The molecule has 8 nitrogen and oxygen atoms in total. The van der Waals surface area contributed by atoms with E-state index in [0.717, 1.165) is 33.1 Å². The second kappa shape index (κ2) is 11.3. The summed E-state index contributed by atoms with van der Waals surface area (Å²) in [5, 5.41) is 2.66. The van der Waals surface area contributed by atoms with Crippen molar-refractivity contribution in [3.8, 4) is 17.0 Å². The summed E-state index contributed by atoms with van der Waals surface area (Å²) >= 11 is 0. The van der Waals surface area contributed by atoms with E-state index in [-0.39, 0.29) is 12.1 Å². The number of benzene rings is 1. The van der Waals surface area contributed by atoms with Crippen LogP contribution in [0, 0.1) is 6.92 Å². The van der Waals surface area contributed by atoms with Crippen LogP contribution in [-0.4, -0.2) is 48.4 Å². The first-order valence-corrected chi connectivity index (χ1v) is 12.3. The molecule has 2 aromatic heterocycles. The number of carbonyl (C=O) groups is 1. The summed E-state index contributed by atoms with van der Waals surface area (Å²) in [5.74, 6) is -0.238. The number of ether oxygens (including phenoxy) is 2. The number of nitrogens with one attached hydrogen (secondary N) is 1. The highest BCUT2D eigenvalue weighted by molar-refractivity contribution is 6.04. The Bertz CT molecular complexity index is 1380. The van der Waals surface area contributed by atoms with Gasteiger partial charge in [0.1, 0.15) is 11.3 Å². The molecule has 0 atom stereocenters. The molecule has 11 heteroatoms. The van der Waals surface area contributed by atoms with Crippen LogP contribution >= 0.6 is 0 Å². The summed E-state index contributed by atoms with van der Waals surface area (Å²) in [6.07, 6.45) is -2.05. The summed E-state index contributed by atoms with van der Waals surface area (Å²) in [4.78, 5) is 31.7. The smallest absolute Gasteiger partial charge is 0.421 e. The van der Waals surface area contributed by atoms with Crippen molar-refractivity contribution in [3.63, 3.8) is 0 Å². The quantitative estimate of drug-likeness (QED) is 0.475. The van der Waals surface area contributed by atoms with E-state index in [1.54, 1.807) is 18.3 Å². The SMILES string of the molecule is CCOc1ncc(-c2cc(NC(=O)c3cc(C(F)(F)F)c(=O)n(CC)c3)ccc2C)cc1N1CCOCC1. The Hall–Kier alpha value is -3.86. The number of hydrogen-bond acceptors (Lipinski definition) is 6. The third kappa shape index (κ3) is 5.83. The van der Waals surface area contributed by atoms with Gasteiger partial charge in [-0.2, -0.15) is 13.2 Å². The first kappa shape index (κ1) is 27.2. The molecule has 0 saturated carbocycles. The van der Waals surface area contributed by atoms with Crippen LogP contribution in [0.25, 0.3) is 11.1 Å². The van der Waals surface area contributed by atoms with Gasteiger partial charge in [-0.1, -0.05) is 6.07 Å². The lowest BCUT2D eigenvalue weighted by Crippen LogP contribution is -2.36. The largest absolute Gasteiger partial charge is 0.476 e. The monoisotopic (exact) mass is 530 g/mol. The Morgan fingerprint density at radius 2 is 1.89 bits per heavy atom. The van der Waals surface area contributed by atoms with Gasteiger partial charge in [-0.25, -0.2) is 4.98 Å². The van der Waals surface area contributed by atoms with Crippen LogP contribution in [0.4, 0.5) is 24.5 Å². The molecule has 202 valence electrons. The zero-order chi connectivity index (χ0) is 27.4. The molecule has 0 spiro atoms. The highest BCUT2D eigenvalue weighted by atomic mass is 19.4. The van der Waals surface area contributed by atoms with E-state index >= 15 is 0 Å². The Morgan fingerprint density at radius 1 is 1.16 bits per heavy atom. The van der Waals surface area contributed by atoms with Crippen LogP contribution in [0.2, 0.25) is 0 Å². The minimum Gasteiger partial charge on any atom is -0.476 e. The standard InChI is InChI=1S/C27H29F3N4O4/c1-4-33-16-19(12-22(26(33)36)27(28,29)30)24(35)32-20-7-6-17(3)21(14-20)18-13-23(25(31-15-18)38-5-2)34-8-10-37-11-9-34/h6-7,12-16H,4-5,8-11H2,1-3H3,(H,32,35). The molecule has 3 heterocycles. The molecular formula is C27H29F3N4O4. The number of halogens is 3. The fourth-order valence-corrected chi connectivity index (χ4v) is 4.28. The van der Waals surface area contributed by atoms with Crippen molar-refractivity contribution in [2.45, 2.75) is 33.5 Å². The number of carbonyl (C=O) groups excluding carboxylic acids is 1. The van der Waals surface area contributed by atoms with Gasteiger partial charge in [0.15, 0.2) is 0 Å². The fraction of sp³-hybridized carbons (Fsp3) is 0.370. The average molecular weight is 531 g/mol. The predicted octanol–water partition coefficient (Wildman–Crippen LogP) is 4.75. The second-order valence-corrected chi connectivity index (χ2v) is 8.80. The van der Waals surface area contributed by atoms with Gasteiger partial charge in [0.2, 0.25) is 5.88 Å². The lowest BCUT2D eigenvalue weighted by Gasteiger charge is -2.30. The van der Waals surface area contributed by atoms with E-state index in [0.29, 0.717) is 50.5 Å². The Labute approximate surface area is 218 Å². The van der Waals surface area contributed by atoms with Gasteiger partial charge < -0.3 is 24.3 Å². The maximum Gasteiger partial charge on any atom is 0.421 e. The molecule has 1 aliphatic rings. The van der Waals surface area contributed by atoms with E-state index in [4.69, 9.17) is 9.47 Å². The number of alkyl halides is 3. The van der Waals surface area contributed by atoms with Crippen molar-refractivity contribution in [1.82, 2.24) is 9.55 Å². The van der Waals surface area contributed by atoms with Gasteiger partial charge in [-0.05, 0) is 56.2 Å². The predicted molar refractivity (Wildman–Crippen MR) is 138 cm³/mol. The van der Waals surface area contributed by atoms with Crippen molar-refractivity contribution in [2.75, 3.05) is 43.1 Å². The zero-order valence-electron chi connectivity index (χ0n) is 21.4. The highest BCUT2D eigenvalue weighted by Crippen LogP contribution is 2.34. The number of anilines is 2. The van der Waals surface area contributed by atoms with Gasteiger partial charge in [0.25, 0.3) is 11.5 Å². The van der Waals surface area contributed by atoms with Gasteiger partial charge in [-0.3, -0.25) is 9.59 Å². The first-order chi connectivity index (χ1) is 18.1. The van der Waals surface area contributed by atoms with E-state index in [1.165, 1.54) is 6.92 Å². The van der Waals surface area contributed by atoms with Crippen LogP contribution in [0.15, 0.2) is 47.5 Å². The van der Waals surface area contributed by atoms with Crippen molar-refractivity contribution in [2.24, 2.45) is 0 Å². The van der Waals surface area contributed by atoms with E-state index in [9.17, 15) is 22.8 Å². The summed E-state index contributed by atoms with van der Waals surface area (Å²) in [6, 6.07) is 7.79. The van der Waals surface area contributed by atoms with Crippen molar-refractivity contribution in [1.29, 1.82) is 0 Å². The first-order valence-electron chi connectivity index (χ1n) is 12.3. The molecule has 0 unspecified atom stereocenters. The number of amides is 1. The van der Waals surface area contributed by atoms with Crippen LogP contribution in [0.1, 0.15) is 35.3 Å². The van der Waals surface area contributed by atoms with Gasteiger partial charge in [-0.15, -0.1) is 0 Å². The van der Waals surface area contributed by atoms with Crippen molar-refractivity contribution < 1.29 is 27.4 Å². The number of aryl methyl sites for hydroxylation is 2. The number of nitrogens with zero attached hydrogens (tertiary/aromatic N) is 3. The van der Waals surface area contributed by atoms with Crippen LogP contribution in [0.3, 0.4) is 0 Å². The molecule has 0 bridgehead atoms. The van der Waals surface area contributed by atoms with Gasteiger partial charge >= 0.3 is 6.18 Å². The fourth-order valence-electron chi connectivity index (χ4n) is 4.28. The van der Waals surface area contributed by atoms with Gasteiger partial charge in [0, 0.05) is 43.3 Å². The van der Waals surface area contributed by atoms with Crippen LogP contribution < -0.4 is 20.5 Å². The van der Waals surface area contributed by atoms with Gasteiger partial charge in [0.05, 0.1) is 25.4 Å². The summed E-state index contributed by atoms with van der Waals surface area (Å²) < 4.78 is 52.3. The topological polar surface area (TPSA) is 85.7 Å². The molecule has 1 aromatic carbocycles. The Balaban J connectivity index is 1.67. The summed E-state index contributed by atoms with van der Waals surface area (Å²) in [7, 11) is 0. The average Bonchev–Trinajstić information content (AvgIpc) is 2.90. The molecule has 0 radical (unpaired) electrons. The third-order valence-electron chi connectivity index (χ3n) is 6.27. The Kier molecular flexibility index (Phi) is 8.05. The van der Waals surface area contributed by atoms with E-state index in [2.05, 4.69) is 15.2 Å². The number of pyridine rings is 2. The maximum atomic E-state index is 13.4. The number of aromatic nitrogens is 2. The number of rotatable bonds is 7. The number of morpholine rings is 1. The van der Waals surface area contributed by atoms with E-state index < -0.39 is 23.2 Å². The third-order valence-corrected chi connectivity index (χ3v) is 6.27. The van der Waals surface area contributed by atoms with E-state index in [1.807, 2.05) is 26.0 Å². The maximum absolute atomic E-state index is 13.4. The molecule has 4 rings (SSSR count). The molecule has 3 aromatic rings. The normalized spacial score (nSPS) is 13.9. The number of hydrogen-bond donors (Lipinski definition) is 1. The molecule has 1 amide bonds. The minimum atomic E-state index is -4.87. The zero-order valence-corrected chi connectivity index (χ0v) is 21.4.